The molecule has 1 amide bonds. The molecule has 2 aromatic carbocycles. The lowest BCUT2D eigenvalue weighted by Crippen LogP contribution is -2.36. The summed E-state index contributed by atoms with van der Waals surface area (Å²) in [5.41, 5.74) is 5.04. The van der Waals surface area contributed by atoms with Gasteiger partial charge in [-0.3, -0.25) is 4.79 Å². The zero-order valence-electron chi connectivity index (χ0n) is 15.7. The molecule has 0 saturated carbocycles. The van der Waals surface area contributed by atoms with E-state index in [9.17, 15) is 4.79 Å². The molecule has 144 valence electrons. The van der Waals surface area contributed by atoms with Gasteiger partial charge >= 0.3 is 0 Å². The summed E-state index contributed by atoms with van der Waals surface area (Å²) in [6.45, 7) is 2.99. The Bertz CT molecular complexity index is 898. The van der Waals surface area contributed by atoms with Gasteiger partial charge in [0, 0.05) is 35.1 Å². The van der Waals surface area contributed by atoms with Gasteiger partial charge in [0.05, 0.1) is 13.2 Å². The Kier molecular flexibility index (Phi) is 5.79. The van der Waals surface area contributed by atoms with Gasteiger partial charge in [-0.25, -0.2) is 0 Å². The molecule has 0 aromatic heterocycles. The average molecular weight is 395 g/mol. The maximum atomic E-state index is 13.1. The number of allylic oxidation sites excluding steroid dienone is 1. The highest BCUT2D eigenvalue weighted by Gasteiger charge is 2.29. The highest BCUT2D eigenvalue weighted by atomic mass is 35.5. The van der Waals surface area contributed by atoms with Crippen molar-refractivity contribution >= 4 is 29.3 Å². The topological polar surface area (TPSA) is 41.6 Å². The molecule has 1 aliphatic carbocycles. The smallest absolute Gasteiger partial charge is 0.253 e. The number of ether oxygens (including phenoxy) is 1. The molecule has 4 nitrogen and oxygen atoms in total. The van der Waals surface area contributed by atoms with Gasteiger partial charge in [-0.15, -0.1) is 0 Å². The highest BCUT2D eigenvalue weighted by molar-refractivity contribution is 6.30. The van der Waals surface area contributed by atoms with E-state index in [4.69, 9.17) is 16.3 Å². The number of hydrogen-bond acceptors (Lipinski definition) is 3. The second-order valence-corrected chi connectivity index (χ2v) is 7.40. The number of morpholine rings is 1. The van der Waals surface area contributed by atoms with Crippen LogP contribution in [-0.2, 0) is 9.53 Å². The molecule has 0 unspecified atom stereocenters. The number of amides is 1. The predicted molar refractivity (Wildman–Crippen MR) is 113 cm³/mol. The fourth-order valence-corrected chi connectivity index (χ4v) is 3.85. The SMILES string of the molecule is O=C(Nc1ccc(Cl)cc1)C1=C(N2CCOCC2)/C(=C\c2ccccc2)CC1. The van der Waals surface area contributed by atoms with Gasteiger partial charge in [-0.05, 0) is 54.3 Å². The Balaban J connectivity index is 1.65. The minimum Gasteiger partial charge on any atom is -0.378 e. The molecule has 0 bridgehead atoms. The normalized spacial score (nSPS) is 18.6. The second-order valence-electron chi connectivity index (χ2n) is 6.97. The Morgan fingerprint density at radius 2 is 1.71 bits per heavy atom. The van der Waals surface area contributed by atoms with Crippen molar-refractivity contribution in [1.82, 2.24) is 4.90 Å². The molecule has 2 aliphatic rings. The molecule has 1 N–H and O–H groups in total. The van der Waals surface area contributed by atoms with Gasteiger partial charge in [0.25, 0.3) is 5.91 Å². The number of anilines is 1. The fraction of sp³-hybridized carbons (Fsp3) is 0.261. The van der Waals surface area contributed by atoms with Crippen molar-refractivity contribution in [3.63, 3.8) is 0 Å². The lowest BCUT2D eigenvalue weighted by molar-refractivity contribution is -0.113. The third-order valence-electron chi connectivity index (χ3n) is 5.08. The minimum absolute atomic E-state index is 0.0414. The van der Waals surface area contributed by atoms with Crippen LogP contribution in [0.25, 0.3) is 6.08 Å². The quantitative estimate of drug-likeness (QED) is 0.814. The molecule has 4 rings (SSSR count). The third-order valence-corrected chi connectivity index (χ3v) is 5.33. The summed E-state index contributed by atoms with van der Waals surface area (Å²) in [6, 6.07) is 17.5. The van der Waals surface area contributed by atoms with E-state index >= 15 is 0 Å². The molecule has 5 heteroatoms. The summed E-state index contributed by atoms with van der Waals surface area (Å²) in [5.74, 6) is -0.0414. The van der Waals surface area contributed by atoms with Crippen LogP contribution in [0, 0.1) is 0 Å². The molecule has 28 heavy (non-hydrogen) atoms. The molecular formula is C23H23ClN2O2. The zero-order chi connectivity index (χ0) is 19.3. The van der Waals surface area contributed by atoms with Crippen LogP contribution in [0.5, 0.6) is 0 Å². The first-order valence-corrected chi connectivity index (χ1v) is 9.97. The van der Waals surface area contributed by atoms with Crippen molar-refractivity contribution < 1.29 is 9.53 Å². The first kappa shape index (κ1) is 18.8. The molecule has 2 aromatic rings. The molecule has 0 radical (unpaired) electrons. The van der Waals surface area contributed by atoms with E-state index in [1.807, 2.05) is 30.3 Å². The third kappa shape index (κ3) is 4.29. The summed E-state index contributed by atoms with van der Waals surface area (Å²) in [5, 5.41) is 3.68. The van der Waals surface area contributed by atoms with Crippen LogP contribution in [-0.4, -0.2) is 37.1 Å². The number of hydrogen-bond donors (Lipinski definition) is 1. The van der Waals surface area contributed by atoms with E-state index in [0.29, 0.717) is 18.2 Å². The molecule has 0 spiro atoms. The van der Waals surface area contributed by atoms with E-state index in [1.165, 1.54) is 5.57 Å². The molecule has 1 saturated heterocycles. The summed E-state index contributed by atoms with van der Waals surface area (Å²) in [7, 11) is 0. The molecular weight excluding hydrogens is 372 g/mol. The van der Waals surface area contributed by atoms with Crippen LogP contribution in [0.4, 0.5) is 5.69 Å². The largest absolute Gasteiger partial charge is 0.378 e. The number of benzene rings is 2. The summed E-state index contributed by atoms with van der Waals surface area (Å²) in [6.07, 6.45) is 3.81. The Morgan fingerprint density at radius 1 is 1.00 bits per heavy atom. The maximum absolute atomic E-state index is 13.1. The standard InChI is InChI=1S/C23H23ClN2O2/c24-19-7-9-20(10-8-19)25-23(27)21-11-6-18(16-17-4-2-1-3-5-17)22(21)26-12-14-28-15-13-26/h1-5,7-10,16H,6,11-15H2,(H,25,27)/b18-16-. The predicted octanol–water partition coefficient (Wildman–Crippen LogP) is 4.74. The maximum Gasteiger partial charge on any atom is 0.253 e. The van der Waals surface area contributed by atoms with Crippen molar-refractivity contribution in [2.75, 3.05) is 31.6 Å². The van der Waals surface area contributed by atoms with Crippen molar-refractivity contribution in [3.8, 4) is 0 Å². The Hall–Kier alpha value is -2.56. The van der Waals surface area contributed by atoms with Crippen molar-refractivity contribution in [1.29, 1.82) is 0 Å². The van der Waals surface area contributed by atoms with Crippen LogP contribution in [0.1, 0.15) is 18.4 Å². The number of carbonyl (C=O) groups is 1. The Labute approximate surface area is 170 Å². The van der Waals surface area contributed by atoms with E-state index in [1.54, 1.807) is 12.1 Å². The summed E-state index contributed by atoms with van der Waals surface area (Å²) < 4.78 is 5.52. The van der Waals surface area contributed by atoms with Gasteiger partial charge in [0.15, 0.2) is 0 Å². The van der Waals surface area contributed by atoms with Crippen molar-refractivity contribution in [2.45, 2.75) is 12.8 Å². The number of carbonyl (C=O) groups excluding carboxylic acids is 1. The summed E-state index contributed by atoms with van der Waals surface area (Å²) >= 11 is 5.95. The first-order chi connectivity index (χ1) is 13.7. The summed E-state index contributed by atoms with van der Waals surface area (Å²) in [4.78, 5) is 15.4. The molecule has 1 heterocycles. The fourth-order valence-electron chi connectivity index (χ4n) is 3.72. The van der Waals surface area contributed by atoms with Gasteiger partial charge in [-0.2, -0.15) is 0 Å². The van der Waals surface area contributed by atoms with Gasteiger partial charge in [-0.1, -0.05) is 41.9 Å². The average Bonchev–Trinajstić information content (AvgIpc) is 3.15. The number of nitrogens with zero attached hydrogens (tertiary/aromatic N) is 1. The molecule has 1 fully saturated rings. The highest BCUT2D eigenvalue weighted by Crippen LogP contribution is 2.36. The Morgan fingerprint density at radius 3 is 2.43 bits per heavy atom. The van der Waals surface area contributed by atoms with Gasteiger partial charge < -0.3 is 15.0 Å². The van der Waals surface area contributed by atoms with Crippen LogP contribution >= 0.6 is 11.6 Å². The number of rotatable bonds is 4. The second kappa shape index (κ2) is 8.63. The zero-order valence-corrected chi connectivity index (χ0v) is 16.4. The van der Waals surface area contributed by atoms with Gasteiger partial charge in [0.1, 0.15) is 0 Å². The van der Waals surface area contributed by atoms with E-state index in [-0.39, 0.29) is 5.91 Å². The van der Waals surface area contributed by atoms with Crippen LogP contribution in [0.2, 0.25) is 5.02 Å². The lowest BCUT2D eigenvalue weighted by Gasteiger charge is -2.31. The minimum atomic E-state index is -0.0414. The van der Waals surface area contributed by atoms with Gasteiger partial charge in [0.2, 0.25) is 0 Å². The lowest BCUT2D eigenvalue weighted by atomic mass is 10.1. The first-order valence-electron chi connectivity index (χ1n) is 9.59. The van der Waals surface area contributed by atoms with E-state index in [0.717, 1.165) is 48.5 Å². The van der Waals surface area contributed by atoms with E-state index in [2.05, 4.69) is 28.4 Å². The monoisotopic (exact) mass is 394 g/mol. The molecule has 1 aliphatic heterocycles. The van der Waals surface area contributed by atoms with Crippen LogP contribution in [0.15, 0.2) is 71.4 Å². The number of halogens is 1. The number of nitrogens with one attached hydrogen (secondary N) is 1. The van der Waals surface area contributed by atoms with Crippen LogP contribution < -0.4 is 5.32 Å². The van der Waals surface area contributed by atoms with Crippen molar-refractivity contribution in [2.24, 2.45) is 0 Å². The van der Waals surface area contributed by atoms with Crippen LogP contribution in [0.3, 0.4) is 0 Å². The van der Waals surface area contributed by atoms with Crippen molar-refractivity contribution in [3.05, 3.63) is 82.0 Å². The van der Waals surface area contributed by atoms with E-state index < -0.39 is 0 Å². The molecule has 0 atom stereocenters.